The molecule has 164 valence electrons. The lowest BCUT2D eigenvalue weighted by Crippen LogP contribution is -2.32. The average molecular weight is 422 g/mol. The highest BCUT2D eigenvalue weighted by molar-refractivity contribution is 6.15. The zero-order chi connectivity index (χ0) is 22.4. The van der Waals surface area contributed by atoms with Crippen LogP contribution in [0, 0.1) is 0 Å². The number of nitrogens with one attached hydrogen (secondary N) is 1. The van der Waals surface area contributed by atoms with E-state index in [9.17, 15) is 9.59 Å². The van der Waals surface area contributed by atoms with Gasteiger partial charge in [0.25, 0.3) is 0 Å². The molecule has 0 atom stereocenters. The molecule has 6 nitrogen and oxygen atoms in total. The smallest absolute Gasteiger partial charge is 0.238 e. The van der Waals surface area contributed by atoms with Crippen LogP contribution in [0.4, 0.5) is 5.69 Å². The Kier molecular flexibility index (Phi) is 7.60. The molecule has 0 heterocycles. The third-order valence-corrected chi connectivity index (χ3v) is 5.32. The minimum Gasteiger partial charge on any atom is -0.497 e. The van der Waals surface area contributed by atoms with Gasteiger partial charge < -0.3 is 15.0 Å². The van der Waals surface area contributed by atoms with Gasteiger partial charge in [0.2, 0.25) is 5.91 Å². The van der Waals surface area contributed by atoms with Gasteiger partial charge in [0, 0.05) is 23.2 Å². The molecule has 2 aromatic carbocycles. The van der Waals surface area contributed by atoms with Crippen LogP contribution in [0.15, 0.2) is 48.0 Å². The summed E-state index contributed by atoms with van der Waals surface area (Å²) in [7, 11) is 7.67. The highest BCUT2D eigenvalue weighted by Gasteiger charge is 2.25. The molecule has 0 radical (unpaired) electrons. The van der Waals surface area contributed by atoms with E-state index in [4.69, 9.17) is 4.74 Å². The second kappa shape index (κ2) is 10.4. The summed E-state index contributed by atoms with van der Waals surface area (Å²) in [4.78, 5) is 29.1. The number of fused-ring (bicyclic) bond motifs is 1. The van der Waals surface area contributed by atoms with Gasteiger partial charge in [-0.25, -0.2) is 0 Å². The largest absolute Gasteiger partial charge is 0.497 e. The molecule has 1 aliphatic carbocycles. The molecule has 0 saturated heterocycles. The lowest BCUT2D eigenvalue weighted by molar-refractivity contribution is -0.117. The number of amides is 1. The van der Waals surface area contributed by atoms with Crippen molar-refractivity contribution in [3.63, 3.8) is 0 Å². The lowest BCUT2D eigenvalue weighted by Gasteiger charge is -2.17. The van der Waals surface area contributed by atoms with Crippen molar-refractivity contribution in [2.75, 3.05) is 53.2 Å². The third kappa shape index (κ3) is 6.26. The first-order valence-corrected chi connectivity index (χ1v) is 10.5. The molecule has 2 aromatic rings. The van der Waals surface area contributed by atoms with Gasteiger partial charge in [0.1, 0.15) is 5.75 Å². The Morgan fingerprint density at radius 2 is 1.84 bits per heavy atom. The summed E-state index contributed by atoms with van der Waals surface area (Å²) < 4.78 is 5.26. The number of benzene rings is 2. The van der Waals surface area contributed by atoms with Crippen molar-refractivity contribution in [1.29, 1.82) is 0 Å². The first-order valence-electron chi connectivity index (χ1n) is 10.5. The van der Waals surface area contributed by atoms with Crippen LogP contribution in [0.3, 0.4) is 0 Å². The number of methoxy groups -OCH3 is 1. The summed E-state index contributed by atoms with van der Waals surface area (Å²) in [6.45, 7) is 2.24. The van der Waals surface area contributed by atoms with Crippen LogP contribution < -0.4 is 10.1 Å². The van der Waals surface area contributed by atoms with E-state index in [-0.39, 0.29) is 11.7 Å². The SMILES string of the molecule is COc1ccc2c(c1)C/C(=C/c1ccc(NC(=O)CN(C)CCCN(C)C)cc1)C2=O. The molecular weight excluding hydrogens is 390 g/mol. The Morgan fingerprint density at radius 3 is 2.52 bits per heavy atom. The van der Waals surface area contributed by atoms with Crippen LogP contribution >= 0.6 is 0 Å². The maximum absolute atomic E-state index is 12.7. The van der Waals surface area contributed by atoms with E-state index in [0.717, 1.165) is 53.2 Å². The number of hydrogen-bond acceptors (Lipinski definition) is 5. The minimum absolute atomic E-state index is 0.0335. The lowest BCUT2D eigenvalue weighted by atomic mass is 10.1. The molecule has 0 fully saturated rings. The maximum atomic E-state index is 12.7. The predicted octanol–water partition coefficient (Wildman–Crippen LogP) is 3.34. The molecule has 0 bridgehead atoms. The standard InChI is InChI=1S/C25H31N3O3/c1-27(2)12-5-13-28(3)17-24(29)26-21-8-6-18(7-9-21)14-20-15-19-16-22(31-4)10-11-23(19)25(20)30/h6-11,14,16H,5,12-13,15,17H2,1-4H3,(H,26,29)/b20-14-. The van der Waals surface area contributed by atoms with Gasteiger partial charge in [-0.3, -0.25) is 14.5 Å². The van der Waals surface area contributed by atoms with E-state index >= 15 is 0 Å². The van der Waals surface area contributed by atoms with Crippen LogP contribution in [0.1, 0.15) is 27.9 Å². The van der Waals surface area contributed by atoms with Crippen molar-refractivity contribution in [3.05, 3.63) is 64.7 Å². The highest BCUT2D eigenvalue weighted by Crippen LogP contribution is 2.30. The Morgan fingerprint density at radius 1 is 1.10 bits per heavy atom. The number of Topliss-reactive ketones (excluding diaryl/α,β-unsaturated/α-hetero) is 1. The van der Waals surface area contributed by atoms with E-state index < -0.39 is 0 Å². The number of ether oxygens (including phenoxy) is 1. The van der Waals surface area contributed by atoms with E-state index in [1.165, 1.54) is 0 Å². The van der Waals surface area contributed by atoms with Crippen molar-refractivity contribution in [3.8, 4) is 5.75 Å². The average Bonchev–Trinajstić information content (AvgIpc) is 3.03. The van der Waals surface area contributed by atoms with Gasteiger partial charge >= 0.3 is 0 Å². The monoisotopic (exact) mass is 421 g/mol. The predicted molar refractivity (Wildman–Crippen MR) is 125 cm³/mol. The van der Waals surface area contributed by atoms with Gasteiger partial charge in [-0.2, -0.15) is 0 Å². The van der Waals surface area contributed by atoms with Crippen LogP contribution in [0.2, 0.25) is 0 Å². The highest BCUT2D eigenvalue weighted by atomic mass is 16.5. The molecule has 0 aromatic heterocycles. The van der Waals surface area contributed by atoms with Gasteiger partial charge in [-0.05, 0) is 88.2 Å². The summed E-state index contributed by atoms with van der Waals surface area (Å²) in [6.07, 6.45) is 3.54. The number of rotatable bonds is 9. The van der Waals surface area contributed by atoms with Crippen LogP contribution in [0.5, 0.6) is 5.75 Å². The van der Waals surface area contributed by atoms with Gasteiger partial charge in [-0.1, -0.05) is 12.1 Å². The molecule has 1 aliphatic rings. The molecular formula is C25H31N3O3. The van der Waals surface area contributed by atoms with E-state index in [1.54, 1.807) is 7.11 Å². The van der Waals surface area contributed by atoms with Crippen molar-refractivity contribution >= 4 is 23.5 Å². The summed E-state index contributed by atoms with van der Waals surface area (Å²) in [5, 5.41) is 2.94. The number of allylic oxidation sites excluding steroid dienone is 1. The summed E-state index contributed by atoms with van der Waals surface area (Å²) >= 11 is 0. The number of likely N-dealkylation sites (N-methyl/N-ethyl adjacent to an activating group) is 1. The van der Waals surface area contributed by atoms with E-state index in [1.807, 2.05) is 74.6 Å². The first-order chi connectivity index (χ1) is 14.9. The summed E-state index contributed by atoms with van der Waals surface area (Å²) in [6, 6.07) is 13.1. The van der Waals surface area contributed by atoms with Crippen molar-refractivity contribution in [1.82, 2.24) is 9.80 Å². The van der Waals surface area contributed by atoms with Crippen molar-refractivity contribution in [2.24, 2.45) is 0 Å². The molecule has 3 rings (SSSR count). The molecule has 31 heavy (non-hydrogen) atoms. The quantitative estimate of drug-likeness (QED) is 0.630. The van der Waals surface area contributed by atoms with Crippen molar-refractivity contribution in [2.45, 2.75) is 12.8 Å². The summed E-state index contributed by atoms with van der Waals surface area (Å²) in [5.41, 5.74) is 4.18. The van der Waals surface area contributed by atoms with Crippen LogP contribution in [-0.2, 0) is 11.2 Å². The molecule has 0 spiro atoms. The van der Waals surface area contributed by atoms with Crippen LogP contribution in [0.25, 0.3) is 6.08 Å². The third-order valence-electron chi connectivity index (χ3n) is 5.32. The zero-order valence-electron chi connectivity index (χ0n) is 18.8. The fraction of sp³-hybridized carbons (Fsp3) is 0.360. The number of ketones is 1. The van der Waals surface area contributed by atoms with Gasteiger partial charge in [-0.15, -0.1) is 0 Å². The Hall–Kier alpha value is -2.96. The second-order valence-corrected chi connectivity index (χ2v) is 8.26. The Bertz CT molecular complexity index is 964. The number of anilines is 1. The molecule has 0 aliphatic heterocycles. The molecule has 0 unspecified atom stereocenters. The number of carbonyl (C=O) groups is 2. The minimum atomic E-state index is -0.0335. The van der Waals surface area contributed by atoms with Crippen LogP contribution in [-0.4, -0.2) is 69.4 Å². The molecule has 1 N–H and O–H groups in total. The maximum Gasteiger partial charge on any atom is 0.238 e. The number of carbonyl (C=O) groups excluding carboxylic acids is 2. The Labute approximate surface area is 184 Å². The normalized spacial score (nSPS) is 14.4. The number of hydrogen-bond donors (Lipinski definition) is 1. The summed E-state index contributed by atoms with van der Waals surface area (Å²) in [5.74, 6) is 0.789. The fourth-order valence-electron chi connectivity index (χ4n) is 3.69. The Balaban J connectivity index is 1.56. The fourth-order valence-corrected chi connectivity index (χ4v) is 3.69. The van der Waals surface area contributed by atoms with Gasteiger partial charge in [0.15, 0.2) is 5.78 Å². The van der Waals surface area contributed by atoms with Crippen molar-refractivity contribution < 1.29 is 14.3 Å². The first kappa shape index (κ1) is 22.7. The molecule has 0 saturated carbocycles. The molecule has 6 heteroatoms. The topological polar surface area (TPSA) is 61.9 Å². The number of nitrogens with zero attached hydrogens (tertiary/aromatic N) is 2. The van der Waals surface area contributed by atoms with E-state index in [2.05, 4.69) is 10.2 Å². The molecule has 1 amide bonds. The van der Waals surface area contributed by atoms with Gasteiger partial charge in [0.05, 0.1) is 13.7 Å². The zero-order valence-corrected chi connectivity index (χ0v) is 18.8. The van der Waals surface area contributed by atoms with E-state index in [0.29, 0.717) is 13.0 Å². The second-order valence-electron chi connectivity index (χ2n) is 8.26.